The van der Waals surface area contributed by atoms with Gasteiger partial charge in [-0.2, -0.15) is 0 Å². The van der Waals surface area contributed by atoms with Crippen LogP contribution in [0.1, 0.15) is 38.2 Å². The normalized spacial score (nSPS) is 21.5. The zero-order chi connectivity index (χ0) is 15.5. The number of hydrogen-bond acceptors (Lipinski definition) is 2. The minimum atomic E-state index is -0.387. The van der Waals surface area contributed by atoms with Crippen LogP contribution in [0.2, 0.25) is 10.0 Å². The molecule has 5 heteroatoms. The van der Waals surface area contributed by atoms with E-state index in [1.165, 1.54) is 0 Å². The predicted octanol–water partition coefficient (Wildman–Crippen LogP) is 3.87. The quantitative estimate of drug-likeness (QED) is 0.889. The Bertz CT molecular complexity index is 513. The van der Waals surface area contributed by atoms with Crippen LogP contribution in [0, 0.1) is 0 Å². The maximum Gasteiger partial charge on any atom is 0.242 e. The first kappa shape index (κ1) is 16.6. The summed E-state index contributed by atoms with van der Waals surface area (Å²) in [5.74, 6) is 0.160. The predicted molar refractivity (Wildman–Crippen MR) is 87.8 cm³/mol. The summed E-state index contributed by atoms with van der Waals surface area (Å²) in [6.07, 6.45) is 3.85. The molecule has 1 N–H and O–H groups in total. The molecule has 1 aliphatic heterocycles. The van der Waals surface area contributed by atoms with E-state index >= 15 is 0 Å². The second-order valence-electron chi connectivity index (χ2n) is 5.76. The summed E-state index contributed by atoms with van der Waals surface area (Å²) in [5, 5.41) is 4.63. The van der Waals surface area contributed by atoms with E-state index < -0.39 is 0 Å². The highest BCUT2D eigenvalue weighted by atomic mass is 35.5. The minimum absolute atomic E-state index is 0.160. The van der Waals surface area contributed by atoms with Crippen molar-refractivity contribution < 1.29 is 4.79 Å². The zero-order valence-corrected chi connectivity index (χ0v) is 14.1. The van der Waals surface area contributed by atoms with Crippen molar-refractivity contribution in [3.63, 3.8) is 0 Å². The number of benzene rings is 1. The van der Waals surface area contributed by atoms with Crippen LogP contribution >= 0.6 is 23.2 Å². The minimum Gasteiger partial charge on any atom is -0.340 e. The Kier molecular flexibility index (Phi) is 5.53. The summed E-state index contributed by atoms with van der Waals surface area (Å²) in [6.45, 7) is 3.54. The Morgan fingerprint density at radius 3 is 2.76 bits per heavy atom. The fourth-order valence-electron chi connectivity index (χ4n) is 3.08. The van der Waals surface area contributed by atoms with Crippen LogP contribution in [-0.4, -0.2) is 29.9 Å². The summed E-state index contributed by atoms with van der Waals surface area (Å²) in [7, 11) is 1.84. The third kappa shape index (κ3) is 3.71. The van der Waals surface area contributed by atoms with E-state index in [4.69, 9.17) is 23.2 Å². The van der Waals surface area contributed by atoms with Gasteiger partial charge >= 0.3 is 0 Å². The monoisotopic (exact) mass is 328 g/mol. The van der Waals surface area contributed by atoms with Gasteiger partial charge in [0.25, 0.3) is 0 Å². The van der Waals surface area contributed by atoms with Crippen molar-refractivity contribution in [2.45, 2.75) is 44.7 Å². The highest BCUT2D eigenvalue weighted by molar-refractivity contribution is 6.35. The Balaban J connectivity index is 2.11. The first-order chi connectivity index (χ1) is 9.98. The summed E-state index contributed by atoms with van der Waals surface area (Å²) < 4.78 is 0. The van der Waals surface area contributed by atoms with Gasteiger partial charge in [-0.25, -0.2) is 0 Å². The fourth-order valence-corrected chi connectivity index (χ4v) is 3.55. The molecular weight excluding hydrogens is 307 g/mol. The van der Waals surface area contributed by atoms with Gasteiger partial charge < -0.3 is 10.2 Å². The molecule has 0 saturated carbocycles. The molecule has 3 nitrogen and oxygen atoms in total. The maximum atomic E-state index is 12.8. The first-order valence-electron chi connectivity index (χ1n) is 7.43. The van der Waals surface area contributed by atoms with Crippen LogP contribution in [0.15, 0.2) is 18.2 Å². The van der Waals surface area contributed by atoms with Crippen molar-refractivity contribution >= 4 is 29.1 Å². The highest BCUT2D eigenvalue weighted by Gasteiger charge is 2.41. The molecule has 1 fully saturated rings. The van der Waals surface area contributed by atoms with E-state index in [1.54, 1.807) is 17.0 Å². The van der Waals surface area contributed by atoms with Gasteiger partial charge in [0.1, 0.15) is 0 Å². The van der Waals surface area contributed by atoms with Gasteiger partial charge in [0.2, 0.25) is 5.91 Å². The third-order valence-corrected chi connectivity index (χ3v) is 4.69. The number of rotatable bonds is 5. The lowest BCUT2D eigenvalue weighted by molar-refractivity contribution is -0.137. The van der Waals surface area contributed by atoms with Crippen LogP contribution < -0.4 is 5.32 Å². The molecule has 1 heterocycles. The molecule has 1 atom stereocenters. The molecular formula is C16H22Cl2N2O. The van der Waals surface area contributed by atoms with Crippen molar-refractivity contribution in [3.05, 3.63) is 33.8 Å². The second kappa shape index (κ2) is 6.99. The molecule has 1 aromatic rings. The van der Waals surface area contributed by atoms with E-state index in [0.29, 0.717) is 16.6 Å². The van der Waals surface area contributed by atoms with Crippen molar-refractivity contribution in [1.29, 1.82) is 0 Å². The topological polar surface area (TPSA) is 32.3 Å². The lowest BCUT2D eigenvalue weighted by atomic mass is 9.90. The second-order valence-corrected chi connectivity index (χ2v) is 6.60. The highest BCUT2D eigenvalue weighted by Crippen LogP contribution is 2.28. The Morgan fingerprint density at radius 2 is 2.19 bits per heavy atom. The van der Waals surface area contributed by atoms with Crippen LogP contribution in [0.4, 0.5) is 0 Å². The summed E-state index contributed by atoms with van der Waals surface area (Å²) >= 11 is 12.1. The molecule has 0 radical (unpaired) electrons. The molecule has 116 valence electrons. The number of hydrogen-bond donors (Lipinski definition) is 1. The van der Waals surface area contributed by atoms with Gasteiger partial charge in [-0.1, -0.05) is 42.6 Å². The Labute approximate surface area is 136 Å². The van der Waals surface area contributed by atoms with Gasteiger partial charge in [-0.3, -0.25) is 4.79 Å². The number of nitrogens with one attached hydrogen (secondary N) is 1. The zero-order valence-electron chi connectivity index (χ0n) is 12.6. The number of likely N-dealkylation sites (N-methyl/N-ethyl adjacent to an activating group) is 1. The molecule has 1 aliphatic rings. The number of carbonyl (C=O) groups is 1. The molecule has 1 aromatic carbocycles. The molecule has 1 saturated heterocycles. The average molecular weight is 329 g/mol. The van der Waals surface area contributed by atoms with Crippen LogP contribution in [-0.2, 0) is 11.3 Å². The number of halogens is 2. The molecule has 0 bridgehead atoms. The fraction of sp³-hybridized carbons (Fsp3) is 0.562. The van der Waals surface area contributed by atoms with Gasteiger partial charge in [-0.05, 0) is 43.5 Å². The molecule has 0 spiro atoms. The van der Waals surface area contributed by atoms with Crippen molar-refractivity contribution in [2.24, 2.45) is 0 Å². The average Bonchev–Trinajstić information content (AvgIpc) is 2.91. The Hall–Kier alpha value is -0.770. The molecule has 21 heavy (non-hydrogen) atoms. The SMILES string of the molecule is CCCC1(C(=O)N(C)Cc2ccc(Cl)cc2Cl)CCCN1. The molecule has 0 aromatic heterocycles. The van der Waals surface area contributed by atoms with Gasteiger partial charge in [0.15, 0.2) is 0 Å². The van der Waals surface area contributed by atoms with Crippen molar-refractivity contribution in [1.82, 2.24) is 10.2 Å². The van der Waals surface area contributed by atoms with Crippen molar-refractivity contribution in [2.75, 3.05) is 13.6 Å². The van der Waals surface area contributed by atoms with E-state index in [9.17, 15) is 4.79 Å². The Morgan fingerprint density at radius 1 is 1.43 bits per heavy atom. The summed E-state index contributed by atoms with van der Waals surface area (Å²) in [4.78, 5) is 14.6. The van der Waals surface area contributed by atoms with E-state index in [2.05, 4.69) is 12.2 Å². The number of nitrogens with zero attached hydrogens (tertiary/aromatic N) is 1. The van der Waals surface area contributed by atoms with E-state index in [-0.39, 0.29) is 11.4 Å². The van der Waals surface area contributed by atoms with Gasteiger partial charge in [0.05, 0.1) is 5.54 Å². The lowest BCUT2D eigenvalue weighted by Gasteiger charge is -2.32. The number of amides is 1. The maximum absolute atomic E-state index is 12.8. The molecule has 1 unspecified atom stereocenters. The van der Waals surface area contributed by atoms with Crippen LogP contribution in [0.5, 0.6) is 0 Å². The largest absolute Gasteiger partial charge is 0.340 e. The van der Waals surface area contributed by atoms with Crippen LogP contribution in [0.3, 0.4) is 0 Å². The van der Waals surface area contributed by atoms with Crippen molar-refractivity contribution in [3.8, 4) is 0 Å². The standard InChI is InChI=1S/C16H22Cl2N2O/c1-3-7-16(8-4-9-19-16)15(21)20(2)11-12-5-6-13(17)10-14(12)18/h5-6,10,19H,3-4,7-9,11H2,1-2H3. The number of carbonyl (C=O) groups excluding carboxylic acids is 1. The van der Waals surface area contributed by atoms with Gasteiger partial charge in [-0.15, -0.1) is 0 Å². The lowest BCUT2D eigenvalue weighted by Crippen LogP contribution is -2.53. The van der Waals surface area contributed by atoms with E-state index in [1.807, 2.05) is 13.1 Å². The molecule has 1 amide bonds. The van der Waals surface area contributed by atoms with Crippen LogP contribution in [0.25, 0.3) is 0 Å². The molecule has 2 rings (SSSR count). The first-order valence-corrected chi connectivity index (χ1v) is 8.18. The smallest absolute Gasteiger partial charge is 0.242 e. The summed E-state index contributed by atoms with van der Waals surface area (Å²) in [6, 6.07) is 5.39. The molecule has 0 aliphatic carbocycles. The van der Waals surface area contributed by atoms with Gasteiger partial charge in [0, 0.05) is 23.6 Å². The summed E-state index contributed by atoms with van der Waals surface area (Å²) in [5.41, 5.74) is 0.532. The van der Waals surface area contributed by atoms with E-state index in [0.717, 1.165) is 37.8 Å². The third-order valence-electron chi connectivity index (χ3n) is 4.10.